The number of pyridine rings is 1. The molecule has 0 radical (unpaired) electrons. The number of amides is 2. The predicted octanol–water partition coefficient (Wildman–Crippen LogP) is 6.94. The maximum atomic E-state index is 12.6. The zero-order chi connectivity index (χ0) is 23.2. The molecule has 1 unspecified atom stereocenters. The van der Waals surface area contributed by atoms with Gasteiger partial charge in [0.15, 0.2) is 0 Å². The highest BCUT2D eigenvalue weighted by Crippen LogP contribution is 2.31. The number of aromatic nitrogens is 1. The highest BCUT2D eigenvalue weighted by molar-refractivity contribution is 6.36. The van der Waals surface area contributed by atoms with E-state index in [1.54, 1.807) is 18.5 Å². The molecule has 2 heterocycles. The Kier molecular flexibility index (Phi) is 7.73. The monoisotopic (exact) mass is 483 g/mol. The average Bonchev–Trinajstić information content (AvgIpc) is 3.18. The maximum absolute atomic E-state index is 12.6. The molecule has 2 amide bonds. The zero-order valence-electron chi connectivity index (χ0n) is 18.6. The number of halogens is 2. The van der Waals surface area contributed by atoms with Crippen LogP contribution in [0.5, 0.6) is 5.75 Å². The number of anilines is 1. The van der Waals surface area contributed by atoms with Crippen molar-refractivity contribution in [1.82, 2.24) is 9.88 Å². The van der Waals surface area contributed by atoms with E-state index in [4.69, 9.17) is 27.9 Å². The van der Waals surface area contributed by atoms with Gasteiger partial charge < -0.3 is 9.64 Å². The molecule has 2 aromatic carbocycles. The molecule has 0 bridgehead atoms. The lowest BCUT2D eigenvalue weighted by molar-refractivity contribution is 0.201. The first-order valence-electron chi connectivity index (χ1n) is 11.2. The molecule has 33 heavy (non-hydrogen) atoms. The molecule has 1 aromatic heterocycles. The second-order valence-electron chi connectivity index (χ2n) is 8.20. The van der Waals surface area contributed by atoms with Gasteiger partial charge in [-0.25, -0.2) is 4.79 Å². The van der Waals surface area contributed by atoms with Crippen LogP contribution in [0.4, 0.5) is 10.5 Å². The number of carbonyl (C=O) groups excluding carboxylic acids is 1. The summed E-state index contributed by atoms with van der Waals surface area (Å²) in [5.74, 6) is 0.832. The number of hydrogen-bond acceptors (Lipinski definition) is 3. The van der Waals surface area contributed by atoms with E-state index in [1.807, 2.05) is 58.3 Å². The van der Waals surface area contributed by atoms with Crippen molar-refractivity contribution in [3.63, 3.8) is 0 Å². The lowest BCUT2D eigenvalue weighted by atomic mass is 10.1. The number of nitrogens with zero attached hydrogens (tertiary/aromatic N) is 3. The van der Waals surface area contributed by atoms with Crippen LogP contribution in [-0.2, 0) is 0 Å². The summed E-state index contributed by atoms with van der Waals surface area (Å²) >= 11 is 12.3. The SMILES string of the molecule is CC(CCCCN1CCN(c2ccncc2)C1=O)Oc1ccc(-c2ccc(Cl)cc2Cl)cc1. The van der Waals surface area contributed by atoms with Gasteiger partial charge in [0.05, 0.1) is 6.10 Å². The van der Waals surface area contributed by atoms with Gasteiger partial charge in [-0.1, -0.05) is 41.4 Å². The molecule has 0 N–H and O–H groups in total. The van der Waals surface area contributed by atoms with Gasteiger partial charge in [-0.05, 0) is 68.1 Å². The molecule has 0 aliphatic carbocycles. The van der Waals surface area contributed by atoms with Gasteiger partial charge in [0, 0.05) is 53.3 Å². The molecule has 1 saturated heterocycles. The minimum atomic E-state index is 0.0754. The van der Waals surface area contributed by atoms with Gasteiger partial charge in [-0.2, -0.15) is 0 Å². The van der Waals surface area contributed by atoms with E-state index in [-0.39, 0.29) is 12.1 Å². The second-order valence-corrected chi connectivity index (χ2v) is 9.04. The van der Waals surface area contributed by atoms with Crippen molar-refractivity contribution in [2.45, 2.75) is 32.3 Å². The molecule has 0 spiro atoms. The summed E-state index contributed by atoms with van der Waals surface area (Å²) in [6, 6.07) is 17.3. The van der Waals surface area contributed by atoms with Crippen LogP contribution in [0.1, 0.15) is 26.2 Å². The number of benzene rings is 2. The van der Waals surface area contributed by atoms with Crippen LogP contribution in [0, 0.1) is 0 Å². The van der Waals surface area contributed by atoms with Gasteiger partial charge in [0.1, 0.15) is 5.75 Å². The fourth-order valence-electron chi connectivity index (χ4n) is 4.02. The summed E-state index contributed by atoms with van der Waals surface area (Å²) in [5, 5.41) is 1.25. The largest absolute Gasteiger partial charge is 0.491 e. The smallest absolute Gasteiger partial charge is 0.324 e. The Morgan fingerprint density at radius 1 is 1.00 bits per heavy atom. The molecule has 0 saturated carbocycles. The summed E-state index contributed by atoms with van der Waals surface area (Å²) in [6.07, 6.45) is 6.41. The minimum absolute atomic E-state index is 0.0754. The average molecular weight is 484 g/mol. The van der Waals surface area contributed by atoms with Gasteiger partial charge >= 0.3 is 6.03 Å². The van der Waals surface area contributed by atoms with Gasteiger partial charge in [-0.15, -0.1) is 0 Å². The van der Waals surface area contributed by atoms with Crippen molar-refractivity contribution >= 4 is 34.9 Å². The maximum Gasteiger partial charge on any atom is 0.324 e. The van der Waals surface area contributed by atoms with E-state index in [9.17, 15) is 4.79 Å². The molecule has 4 rings (SSSR count). The van der Waals surface area contributed by atoms with Crippen molar-refractivity contribution in [3.05, 3.63) is 77.0 Å². The quantitative estimate of drug-likeness (QED) is 0.309. The Balaban J connectivity index is 1.20. The molecule has 5 nitrogen and oxygen atoms in total. The Labute approximate surface area is 204 Å². The first-order valence-corrected chi connectivity index (χ1v) is 12.0. The number of unbranched alkanes of at least 4 members (excludes halogenated alkanes) is 1. The zero-order valence-corrected chi connectivity index (χ0v) is 20.1. The summed E-state index contributed by atoms with van der Waals surface area (Å²) in [6.45, 7) is 4.33. The summed E-state index contributed by atoms with van der Waals surface area (Å²) < 4.78 is 6.07. The van der Waals surface area contributed by atoms with Gasteiger partial charge in [0.2, 0.25) is 0 Å². The topological polar surface area (TPSA) is 45.7 Å². The molecule has 1 fully saturated rings. The first-order chi connectivity index (χ1) is 16.0. The molecule has 1 aliphatic heterocycles. The van der Waals surface area contributed by atoms with E-state index >= 15 is 0 Å². The molecular weight excluding hydrogens is 457 g/mol. The number of rotatable bonds is 9. The van der Waals surface area contributed by atoms with Crippen LogP contribution in [0.25, 0.3) is 11.1 Å². The van der Waals surface area contributed by atoms with Crippen LogP contribution in [-0.4, -0.2) is 41.7 Å². The van der Waals surface area contributed by atoms with Crippen molar-refractivity contribution in [1.29, 1.82) is 0 Å². The van der Waals surface area contributed by atoms with Crippen LogP contribution in [0.3, 0.4) is 0 Å². The lowest BCUT2D eigenvalue weighted by Crippen LogP contribution is -2.32. The first kappa shape index (κ1) is 23.4. The third-order valence-corrected chi connectivity index (χ3v) is 6.34. The normalized spacial score (nSPS) is 14.6. The van der Waals surface area contributed by atoms with Crippen LogP contribution >= 0.6 is 23.2 Å². The van der Waals surface area contributed by atoms with E-state index in [0.29, 0.717) is 10.0 Å². The van der Waals surface area contributed by atoms with Crippen molar-refractivity contribution in [2.24, 2.45) is 0 Å². The van der Waals surface area contributed by atoms with Gasteiger partial charge in [-0.3, -0.25) is 9.88 Å². The van der Waals surface area contributed by atoms with E-state index < -0.39 is 0 Å². The standard InChI is InChI=1S/C26H27Cl2N3O2/c1-19(33-23-8-5-20(6-9-23)24-10-7-21(27)18-25(24)28)4-2-3-15-30-16-17-31(26(30)32)22-11-13-29-14-12-22/h5-14,18-19H,2-4,15-17H2,1H3. The summed E-state index contributed by atoms with van der Waals surface area (Å²) in [5.41, 5.74) is 2.87. The summed E-state index contributed by atoms with van der Waals surface area (Å²) in [7, 11) is 0. The Bertz CT molecular complexity index is 1080. The second kappa shape index (κ2) is 10.9. The van der Waals surface area contributed by atoms with Crippen molar-refractivity contribution in [3.8, 4) is 16.9 Å². The third-order valence-electron chi connectivity index (χ3n) is 5.79. The highest BCUT2D eigenvalue weighted by Gasteiger charge is 2.28. The predicted molar refractivity (Wildman–Crippen MR) is 134 cm³/mol. The van der Waals surface area contributed by atoms with Gasteiger partial charge in [0.25, 0.3) is 0 Å². The van der Waals surface area contributed by atoms with Crippen LogP contribution < -0.4 is 9.64 Å². The minimum Gasteiger partial charge on any atom is -0.491 e. The molecule has 7 heteroatoms. The fraction of sp³-hybridized carbons (Fsp3) is 0.308. The van der Waals surface area contributed by atoms with E-state index in [0.717, 1.165) is 61.5 Å². The van der Waals surface area contributed by atoms with Crippen LogP contribution in [0.15, 0.2) is 67.0 Å². The fourth-order valence-corrected chi connectivity index (χ4v) is 4.53. The number of carbonyl (C=O) groups is 1. The number of hydrogen-bond donors (Lipinski definition) is 0. The molecule has 1 aliphatic rings. The molecular formula is C26H27Cl2N3O2. The summed E-state index contributed by atoms with van der Waals surface area (Å²) in [4.78, 5) is 20.4. The van der Waals surface area contributed by atoms with Crippen molar-refractivity contribution in [2.75, 3.05) is 24.5 Å². The number of ether oxygens (including phenoxy) is 1. The van der Waals surface area contributed by atoms with Crippen molar-refractivity contribution < 1.29 is 9.53 Å². The van der Waals surface area contributed by atoms with E-state index in [1.165, 1.54) is 0 Å². The third kappa shape index (κ3) is 5.98. The van der Waals surface area contributed by atoms with E-state index in [2.05, 4.69) is 11.9 Å². The molecule has 1 atom stereocenters. The Hall–Kier alpha value is -2.76. The molecule has 3 aromatic rings. The van der Waals surface area contributed by atoms with Crippen LogP contribution in [0.2, 0.25) is 10.0 Å². The number of urea groups is 1. The lowest BCUT2D eigenvalue weighted by Gasteiger charge is -2.19. The highest BCUT2D eigenvalue weighted by atomic mass is 35.5. The Morgan fingerprint density at radius 2 is 1.76 bits per heavy atom. The molecule has 172 valence electrons. The Morgan fingerprint density at radius 3 is 2.48 bits per heavy atom.